The zero-order valence-electron chi connectivity index (χ0n) is 11.2. The molecular weight excluding hydrogens is 238 g/mol. The summed E-state index contributed by atoms with van der Waals surface area (Å²) in [6, 6.07) is 9.55. The Labute approximate surface area is 112 Å². The van der Waals surface area contributed by atoms with Crippen molar-refractivity contribution in [3.8, 4) is 6.07 Å². The van der Waals surface area contributed by atoms with Gasteiger partial charge in [-0.3, -0.25) is 9.48 Å². The minimum atomic E-state index is -0.775. The van der Waals surface area contributed by atoms with E-state index in [1.165, 1.54) is 0 Å². The molecule has 0 radical (unpaired) electrons. The number of benzene rings is 1. The fourth-order valence-electron chi connectivity index (χ4n) is 2.04. The lowest BCUT2D eigenvalue weighted by molar-refractivity contribution is 0.0978. The summed E-state index contributed by atoms with van der Waals surface area (Å²) in [7, 11) is 1.76. The van der Waals surface area contributed by atoms with Crippen molar-refractivity contribution in [1.82, 2.24) is 9.78 Å². The van der Waals surface area contributed by atoms with Gasteiger partial charge in [0.05, 0.1) is 17.3 Å². The number of Topliss-reactive ketones (excluding diaryl/α,β-unsaturated/α-hetero) is 1. The Morgan fingerprint density at radius 2 is 1.95 bits per heavy atom. The van der Waals surface area contributed by atoms with E-state index in [1.54, 1.807) is 24.9 Å². The molecule has 1 atom stereocenters. The fraction of sp³-hybridized carbons (Fsp3) is 0.267. The first-order valence-electron chi connectivity index (χ1n) is 6.03. The van der Waals surface area contributed by atoms with E-state index in [2.05, 4.69) is 11.2 Å². The second-order valence-corrected chi connectivity index (χ2v) is 4.64. The molecule has 1 aromatic heterocycles. The number of carbonyl (C=O) groups is 1. The summed E-state index contributed by atoms with van der Waals surface area (Å²) in [4.78, 5) is 12.4. The van der Waals surface area contributed by atoms with Crippen molar-refractivity contribution >= 4 is 5.78 Å². The van der Waals surface area contributed by atoms with Gasteiger partial charge in [0.25, 0.3) is 0 Å². The second-order valence-electron chi connectivity index (χ2n) is 4.64. The molecule has 0 aliphatic heterocycles. The Hall–Kier alpha value is -2.41. The van der Waals surface area contributed by atoms with E-state index in [9.17, 15) is 10.1 Å². The molecule has 19 heavy (non-hydrogen) atoms. The van der Waals surface area contributed by atoms with Crippen molar-refractivity contribution in [2.75, 3.05) is 0 Å². The Kier molecular flexibility index (Phi) is 3.48. The molecule has 4 heteroatoms. The van der Waals surface area contributed by atoms with Crippen LogP contribution in [0.15, 0.2) is 30.5 Å². The van der Waals surface area contributed by atoms with Crippen LogP contribution in [0.3, 0.4) is 0 Å². The van der Waals surface area contributed by atoms with Crippen molar-refractivity contribution < 1.29 is 4.79 Å². The standard InChI is InChI=1S/C15H15N3O/c1-10-4-6-12(7-5-10)13(8-16)15(19)14-9-18(3)17-11(14)2/h4-7,9,13H,1-3H3. The molecule has 0 saturated heterocycles. The largest absolute Gasteiger partial charge is 0.292 e. The van der Waals surface area contributed by atoms with Crippen LogP contribution in [-0.4, -0.2) is 15.6 Å². The minimum Gasteiger partial charge on any atom is -0.292 e. The second kappa shape index (κ2) is 5.07. The normalized spacial score (nSPS) is 11.9. The highest BCUT2D eigenvalue weighted by Gasteiger charge is 2.24. The van der Waals surface area contributed by atoms with Crippen LogP contribution in [0.1, 0.15) is 33.1 Å². The summed E-state index contributed by atoms with van der Waals surface area (Å²) in [6.07, 6.45) is 1.66. The van der Waals surface area contributed by atoms with Crippen molar-refractivity contribution in [1.29, 1.82) is 5.26 Å². The molecule has 4 nitrogen and oxygen atoms in total. The number of nitrogens with zero attached hydrogens (tertiary/aromatic N) is 3. The van der Waals surface area contributed by atoms with Gasteiger partial charge in [0.2, 0.25) is 0 Å². The van der Waals surface area contributed by atoms with E-state index < -0.39 is 5.92 Å². The van der Waals surface area contributed by atoms with Crippen molar-refractivity contribution in [3.05, 3.63) is 52.8 Å². The van der Waals surface area contributed by atoms with Gasteiger partial charge in [-0.1, -0.05) is 29.8 Å². The lowest BCUT2D eigenvalue weighted by Crippen LogP contribution is -2.11. The average Bonchev–Trinajstić information content (AvgIpc) is 2.71. The molecule has 0 bridgehead atoms. The van der Waals surface area contributed by atoms with Gasteiger partial charge in [0, 0.05) is 13.2 Å². The summed E-state index contributed by atoms with van der Waals surface area (Å²) in [5.41, 5.74) is 2.99. The Bertz CT molecular complexity index is 647. The van der Waals surface area contributed by atoms with Crippen LogP contribution in [-0.2, 0) is 7.05 Å². The zero-order chi connectivity index (χ0) is 14.0. The van der Waals surface area contributed by atoms with Crippen molar-refractivity contribution in [3.63, 3.8) is 0 Å². The summed E-state index contributed by atoms with van der Waals surface area (Å²) in [6.45, 7) is 3.75. The lowest BCUT2D eigenvalue weighted by Gasteiger charge is -2.08. The molecule has 1 aromatic carbocycles. The van der Waals surface area contributed by atoms with Gasteiger partial charge >= 0.3 is 0 Å². The van der Waals surface area contributed by atoms with Gasteiger partial charge in [-0.2, -0.15) is 10.4 Å². The molecule has 1 heterocycles. The van der Waals surface area contributed by atoms with E-state index in [0.29, 0.717) is 11.3 Å². The van der Waals surface area contributed by atoms with Crippen LogP contribution >= 0.6 is 0 Å². The maximum absolute atomic E-state index is 12.4. The first kappa shape index (κ1) is 13.0. The molecule has 0 fully saturated rings. The van der Waals surface area contributed by atoms with Crippen molar-refractivity contribution in [2.45, 2.75) is 19.8 Å². The van der Waals surface area contributed by atoms with Gasteiger partial charge in [-0.05, 0) is 19.4 Å². The number of ketones is 1. The van der Waals surface area contributed by atoms with E-state index in [4.69, 9.17) is 0 Å². The summed E-state index contributed by atoms with van der Waals surface area (Å²) in [5, 5.41) is 13.4. The average molecular weight is 253 g/mol. The minimum absolute atomic E-state index is 0.197. The molecule has 0 spiro atoms. The third-order valence-corrected chi connectivity index (χ3v) is 3.08. The highest BCUT2D eigenvalue weighted by atomic mass is 16.1. The van der Waals surface area contributed by atoms with Crippen molar-refractivity contribution in [2.24, 2.45) is 7.05 Å². The highest BCUT2D eigenvalue weighted by Crippen LogP contribution is 2.22. The predicted octanol–water partition coefficient (Wildman–Crippen LogP) is 2.53. The van der Waals surface area contributed by atoms with E-state index in [1.807, 2.05) is 31.2 Å². The number of aryl methyl sites for hydroxylation is 3. The topological polar surface area (TPSA) is 58.7 Å². The lowest BCUT2D eigenvalue weighted by atomic mass is 9.92. The number of hydrogen-bond acceptors (Lipinski definition) is 3. The van der Waals surface area contributed by atoms with Gasteiger partial charge in [-0.15, -0.1) is 0 Å². The maximum Gasteiger partial charge on any atom is 0.187 e. The smallest absolute Gasteiger partial charge is 0.187 e. The number of hydrogen-bond donors (Lipinski definition) is 0. The molecule has 96 valence electrons. The van der Waals surface area contributed by atoms with Crippen LogP contribution in [0.5, 0.6) is 0 Å². The Morgan fingerprint density at radius 1 is 1.32 bits per heavy atom. The van der Waals surface area contributed by atoms with Crippen LogP contribution in [0, 0.1) is 25.2 Å². The Morgan fingerprint density at radius 3 is 2.42 bits per heavy atom. The third-order valence-electron chi connectivity index (χ3n) is 3.08. The first-order chi connectivity index (χ1) is 9.02. The molecule has 0 aliphatic carbocycles. The van der Waals surface area contributed by atoms with Gasteiger partial charge < -0.3 is 0 Å². The quantitative estimate of drug-likeness (QED) is 0.790. The number of nitriles is 1. The molecular formula is C15H15N3O. The Balaban J connectivity index is 2.38. The summed E-state index contributed by atoms with van der Waals surface area (Å²) in [5.74, 6) is -0.972. The molecule has 0 N–H and O–H groups in total. The summed E-state index contributed by atoms with van der Waals surface area (Å²) >= 11 is 0. The molecule has 0 amide bonds. The SMILES string of the molecule is Cc1ccc(C(C#N)C(=O)c2cn(C)nc2C)cc1. The van der Waals surface area contributed by atoms with Crippen LogP contribution in [0.25, 0.3) is 0 Å². The maximum atomic E-state index is 12.4. The van der Waals surface area contributed by atoms with Gasteiger partial charge in [0.15, 0.2) is 5.78 Å². The number of carbonyl (C=O) groups excluding carboxylic acids is 1. The van der Waals surface area contributed by atoms with Crippen LogP contribution < -0.4 is 0 Å². The molecule has 0 aliphatic rings. The zero-order valence-corrected chi connectivity index (χ0v) is 11.2. The van der Waals surface area contributed by atoms with E-state index in [0.717, 1.165) is 11.1 Å². The molecule has 1 unspecified atom stereocenters. The third kappa shape index (κ3) is 2.55. The molecule has 0 saturated carbocycles. The predicted molar refractivity (Wildman–Crippen MR) is 71.8 cm³/mol. The van der Waals surface area contributed by atoms with Crippen LogP contribution in [0.2, 0.25) is 0 Å². The van der Waals surface area contributed by atoms with Gasteiger partial charge in [-0.25, -0.2) is 0 Å². The number of rotatable bonds is 3. The monoisotopic (exact) mass is 253 g/mol. The van der Waals surface area contributed by atoms with Gasteiger partial charge in [0.1, 0.15) is 5.92 Å². The number of aromatic nitrogens is 2. The molecule has 2 aromatic rings. The highest BCUT2D eigenvalue weighted by molar-refractivity contribution is 6.03. The summed E-state index contributed by atoms with van der Waals surface area (Å²) < 4.78 is 1.59. The first-order valence-corrected chi connectivity index (χ1v) is 6.03. The molecule has 2 rings (SSSR count). The van der Waals surface area contributed by atoms with E-state index in [-0.39, 0.29) is 5.78 Å². The van der Waals surface area contributed by atoms with Crippen LogP contribution in [0.4, 0.5) is 0 Å². The van der Waals surface area contributed by atoms with E-state index >= 15 is 0 Å². The fourth-order valence-corrected chi connectivity index (χ4v) is 2.04.